The molecule has 164 valence electrons. The van der Waals surface area contributed by atoms with E-state index in [4.69, 9.17) is 16.3 Å². The monoisotopic (exact) mass is 445 g/mol. The molecular formula is C21H24ClN5O4. The van der Waals surface area contributed by atoms with E-state index in [1.165, 1.54) is 6.20 Å². The van der Waals surface area contributed by atoms with E-state index in [2.05, 4.69) is 20.8 Å². The second-order valence-electron chi connectivity index (χ2n) is 7.85. The smallest absolute Gasteiger partial charge is 0.407 e. The van der Waals surface area contributed by atoms with E-state index in [9.17, 15) is 14.4 Å². The van der Waals surface area contributed by atoms with E-state index < -0.39 is 11.7 Å². The van der Waals surface area contributed by atoms with Crippen LogP contribution in [0.1, 0.15) is 36.0 Å². The second kappa shape index (κ2) is 9.38. The highest BCUT2D eigenvalue weighted by Crippen LogP contribution is 2.26. The first-order chi connectivity index (χ1) is 15.0. The van der Waals surface area contributed by atoms with Gasteiger partial charge in [-0.3, -0.25) is 9.59 Å². The van der Waals surface area contributed by atoms with Crippen molar-refractivity contribution in [3.63, 3.8) is 0 Å². The Labute approximate surface area is 184 Å². The quantitative estimate of drug-likeness (QED) is 0.648. The number of benzene rings is 1. The highest BCUT2D eigenvalue weighted by Gasteiger charge is 2.31. The molecule has 1 aromatic carbocycles. The number of hydrogen-bond acceptors (Lipinski definition) is 6. The van der Waals surface area contributed by atoms with E-state index in [1.807, 2.05) is 23.1 Å². The van der Waals surface area contributed by atoms with Crippen LogP contribution in [0.2, 0.25) is 5.02 Å². The number of carbonyl (C=O) groups is 2. The molecule has 2 aromatic rings. The number of carbonyl (C=O) groups excluding carboxylic acids is 2. The normalized spacial score (nSPS) is 22.9. The fourth-order valence-electron chi connectivity index (χ4n) is 4.09. The molecule has 1 saturated heterocycles. The third kappa shape index (κ3) is 5.16. The van der Waals surface area contributed by atoms with Gasteiger partial charge in [-0.1, -0.05) is 29.8 Å². The third-order valence-electron chi connectivity index (χ3n) is 5.66. The lowest BCUT2D eigenvalue weighted by atomic mass is 10.2. The predicted octanol–water partition coefficient (Wildman–Crippen LogP) is 2.08. The molecular weight excluding hydrogens is 422 g/mol. The molecule has 10 heteroatoms. The summed E-state index contributed by atoms with van der Waals surface area (Å²) in [6, 6.07) is 9.05. The van der Waals surface area contributed by atoms with Crippen LogP contribution in [0.3, 0.4) is 0 Å². The van der Waals surface area contributed by atoms with Crippen molar-refractivity contribution in [2.24, 2.45) is 0 Å². The molecule has 2 fully saturated rings. The highest BCUT2D eigenvalue weighted by molar-refractivity contribution is 6.33. The maximum absolute atomic E-state index is 12.3. The van der Waals surface area contributed by atoms with Crippen molar-refractivity contribution >= 4 is 29.3 Å². The van der Waals surface area contributed by atoms with Crippen molar-refractivity contribution < 1.29 is 14.3 Å². The number of amides is 2. The zero-order valence-corrected chi connectivity index (χ0v) is 17.6. The van der Waals surface area contributed by atoms with Crippen LogP contribution in [0.5, 0.6) is 0 Å². The van der Waals surface area contributed by atoms with Crippen LogP contribution in [-0.4, -0.2) is 53.5 Å². The fourth-order valence-corrected chi connectivity index (χ4v) is 4.30. The Morgan fingerprint density at radius 2 is 1.87 bits per heavy atom. The van der Waals surface area contributed by atoms with Crippen LogP contribution in [0.25, 0.3) is 0 Å². The van der Waals surface area contributed by atoms with Gasteiger partial charge in [0, 0.05) is 30.6 Å². The van der Waals surface area contributed by atoms with Gasteiger partial charge in [0.2, 0.25) is 0 Å². The van der Waals surface area contributed by atoms with Gasteiger partial charge < -0.3 is 20.3 Å². The van der Waals surface area contributed by atoms with Crippen molar-refractivity contribution in [2.45, 2.75) is 43.9 Å². The van der Waals surface area contributed by atoms with Crippen LogP contribution in [0.4, 0.5) is 10.5 Å². The van der Waals surface area contributed by atoms with E-state index in [0.29, 0.717) is 37.2 Å². The Bertz CT molecular complexity index is 999. The zero-order valence-electron chi connectivity index (χ0n) is 16.8. The summed E-state index contributed by atoms with van der Waals surface area (Å²) < 4.78 is 5.55. The molecule has 1 aliphatic carbocycles. The number of nitrogens with zero attached hydrogens (tertiary/aromatic N) is 2. The summed E-state index contributed by atoms with van der Waals surface area (Å²) in [7, 11) is 0. The molecule has 31 heavy (non-hydrogen) atoms. The second-order valence-corrected chi connectivity index (χ2v) is 8.23. The molecule has 1 saturated carbocycles. The number of ether oxygens (including phenoxy) is 1. The van der Waals surface area contributed by atoms with Crippen molar-refractivity contribution in [1.29, 1.82) is 0 Å². The van der Waals surface area contributed by atoms with Gasteiger partial charge in [0.25, 0.3) is 11.5 Å². The number of rotatable bonds is 5. The summed E-state index contributed by atoms with van der Waals surface area (Å²) in [6.45, 7) is 1.05. The average Bonchev–Trinajstić information content (AvgIpc) is 3.40. The number of halogens is 1. The minimum atomic E-state index is -0.470. The number of H-pyrrole nitrogens is 1. The van der Waals surface area contributed by atoms with Crippen LogP contribution >= 0.6 is 11.6 Å². The standard InChI is InChI=1S/C21H24ClN5O4/c22-18-17(11-23-26-20(18)29)27-9-8-16(12-27)31-21(30)25-15-7-6-14(10-15)24-19(28)13-4-2-1-3-5-13/h1-5,11,14-16H,6-10,12H2,(H,24,28)(H,25,30)(H,26,29)/t14-,15+,16+/m0/s1. The Kier molecular flexibility index (Phi) is 6.41. The van der Waals surface area contributed by atoms with Gasteiger partial charge in [-0.25, -0.2) is 9.89 Å². The maximum atomic E-state index is 12.3. The highest BCUT2D eigenvalue weighted by atomic mass is 35.5. The molecule has 2 heterocycles. The Balaban J connectivity index is 1.22. The summed E-state index contributed by atoms with van der Waals surface area (Å²) in [5.74, 6) is -0.104. The summed E-state index contributed by atoms with van der Waals surface area (Å²) in [4.78, 5) is 38.1. The largest absolute Gasteiger partial charge is 0.444 e. The Morgan fingerprint density at radius 1 is 1.13 bits per heavy atom. The Morgan fingerprint density at radius 3 is 2.65 bits per heavy atom. The molecule has 9 nitrogen and oxygen atoms in total. The maximum Gasteiger partial charge on any atom is 0.407 e. The molecule has 3 N–H and O–H groups in total. The molecule has 0 spiro atoms. The zero-order chi connectivity index (χ0) is 21.8. The van der Waals surface area contributed by atoms with Gasteiger partial charge in [0.05, 0.1) is 18.4 Å². The van der Waals surface area contributed by atoms with Gasteiger partial charge in [0.1, 0.15) is 11.1 Å². The van der Waals surface area contributed by atoms with Gasteiger partial charge in [0.15, 0.2) is 0 Å². The molecule has 4 rings (SSSR count). The van der Waals surface area contributed by atoms with Crippen molar-refractivity contribution in [1.82, 2.24) is 20.8 Å². The minimum absolute atomic E-state index is 0.0193. The van der Waals surface area contributed by atoms with E-state index in [-0.39, 0.29) is 29.1 Å². The third-order valence-corrected chi connectivity index (χ3v) is 6.03. The van der Waals surface area contributed by atoms with Crippen LogP contribution in [0.15, 0.2) is 41.3 Å². The first-order valence-corrected chi connectivity index (χ1v) is 10.7. The lowest BCUT2D eigenvalue weighted by Crippen LogP contribution is -2.39. The first kappa shape index (κ1) is 21.2. The summed E-state index contributed by atoms with van der Waals surface area (Å²) in [6.07, 6.45) is 3.60. The fraction of sp³-hybridized carbons (Fsp3) is 0.429. The van der Waals surface area contributed by atoms with Crippen molar-refractivity contribution in [3.8, 4) is 0 Å². The van der Waals surface area contributed by atoms with Crippen LogP contribution in [0, 0.1) is 0 Å². The molecule has 0 unspecified atom stereocenters. The molecule has 0 radical (unpaired) electrons. The van der Waals surface area contributed by atoms with E-state index >= 15 is 0 Å². The molecule has 1 aromatic heterocycles. The average molecular weight is 446 g/mol. The van der Waals surface area contributed by atoms with E-state index in [0.717, 1.165) is 12.8 Å². The number of hydrogen-bond donors (Lipinski definition) is 3. The molecule has 2 amide bonds. The van der Waals surface area contributed by atoms with Crippen molar-refractivity contribution in [3.05, 3.63) is 57.5 Å². The summed E-state index contributed by atoms with van der Waals surface area (Å²) in [5.41, 5.74) is 0.709. The van der Waals surface area contributed by atoms with Crippen LogP contribution in [-0.2, 0) is 4.74 Å². The number of aromatic nitrogens is 2. The SMILES string of the molecule is O=C(N[C@@H]1CC[C@H](NC(=O)c2ccccc2)C1)O[C@@H]1CCN(c2cn[nH]c(=O)c2Cl)C1. The number of aromatic amines is 1. The van der Waals surface area contributed by atoms with E-state index in [1.54, 1.807) is 12.1 Å². The van der Waals surface area contributed by atoms with Gasteiger partial charge >= 0.3 is 6.09 Å². The Hall–Kier alpha value is -3.07. The topological polar surface area (TPSA) is 116 Å². The van der Waals surface area contributed by atoms with Gasteiger partial charge in [-0.15, -0.1) is 0 Å². The minimum Gasteiger partial charge on any atom is -0.444 e. The first-order valence-electron chi connectivity index (χ1n) is 10.3. The summed E-state index contributed by atoms with van der Waals surface area (Å²) >= 11 is 6.05. The molecule has 1 aliphatic heterocycles. The van der Waals surface area contributed by atoms with Gasteiger partial charge in [-0.05, 0) is 31.4 Å². The molecule has 0 bridgehead atoms. The van der Waals surface area contributed by atoms with Gasteiger partial charge in [-0.2, -0.15) is 5.10 Å². The molecule has 2 aliphatic rings. The lowest BCUT2D eigenvalue weighted by Gasteiger charge is -2.19. The summed E-state index contributed by atoms with van der Waals surface area (Å²) in [5, 5.41) is 12.1. The number of nitrogens with one attached hydrogen (secondary N) is 3. The number of anilines is 1. The lowest BCUT2D eigenvalue weighted by molar-refractivity contribution is 0.0937. The number of alkyl carbamates (subject to hydrolysis) is 1. The van der Waals surface area contributed by atoms with Crippen LogP contribution < -0.4 is 21.1 Å². The molecule has 3 atom stereocenters. The van der Waals surface area contributed by atoms with Crippen molar-refractivity contribution in [2.75, 3.05) is 18.0 Å². The predicted molar refractivity (Wildman–Crippen MR) is 115 cm³/mol.